The minimum absolute atomic E-state index is 0.140. The van der Waals surface area contributed by atoms with Crippen molar-refractivity contribution in [2.24, 2.45) is 23.5 Å². The lowest BCUT2D eigenvalue weighted by molar-refractivity contribution is -0.310. The molecule has 0 aliphatic carbocycles. The first-order chi connectivity index (χ1) is 30.6. The molecule has 0 saturated carbocycles. The van der Waals surface area contributed by atoms with Crippen LogP contribution in [0, 0.1) is 17.8 Å². The van der Waals surface area contributed by atoms with E-state index in [0.29, 0.717) is 0 Å². The molecule has 3 unspecified atom stereocenters. The monoisotopic (exact) mass is 923 g/mol. The van der Waals surface area contributed by atoms with E-state index in [4.69, 9.17) is 24.7 Å². The normalized spacial score (nSPS) is 45.5. The Hall–Kier alpha value is -3.44. The summed E-state index contributed by atoms with van der Waals surface area (Å²) in [6, 6.07) is -1.15. The van der Waals surface area contributed by atoms with E-state index in [1.54, 1.807) is 86.8 Å². The molecule has 0 aromatic rings. The van der Waals surface area contributed by atoms with E-state index in [0.717, 1.165) is 0 Å². The van der Waals surface area contributed by atoms with Gasteiger partial charge in [0.25, 0.3) is 0 Å². The third-order valence-electron chi connectivity index (χ3n) is 12.0. The smallest absolute Gasteiger partial charge is 0.311 e. The molecule has 3 aliphatic rings. The number of carbonyl (C=O) groups is 2. The van der Waals surface area contributed by atoms with Crippen LogP contribution in [0.5, 0.6) is 0 Å². The fourth-order valence-electron chi connectivity index (χ4n) is 7.96. The number of carboxylic acid groups (broad SMARTS) is 1. The fourth-order valence-corrected chi connectivity index (χ4v) is 7.96. The van der Waals surface area contributed by atoms with Crippen molar-refractivity contribution >= 4 is 11.9 Å². The number of cyclic esters (lactones) is 1. The fraction of sp³-hybridized carbons (Fsp3) is 0.660. The van der Waals surface area contributed by atoms with Crippen molar-refractivity contribution in [3.63, 3.8) is 0 Å². The van der Waals surface area contributed by atoms with Crippen LogP contribution in [0.3, 0.4) is 0 Å². The predicted molar refractivity (Wildman–Crippen MR) is 237 cm³/mol. The van der Waals surface area contributed by atoms with Crippen LogP contribution in [-0.4, -0.2) is 166 Å². The molecule has 65 heavy (non-hydrogen) atoms. The maximum absolute atomic E-state index is 12.6. The van der Waals surface area contributed by atoms with Crippen LogP contribution in [0.25, 0.3) is 0 Å². The van der Waals surface area contributed by atoms with Gasteiger partial charge in [0.1, 0.15) is 18.1 Å². The molecule has 18 nitrogen and oxygen atoms in total. The first-order valence-corrected chi connectivity index (χ1v) is 22.3. The third-order valence-corrected chi connectivity index (χ3v) is 12.0. The van der Waals surface area contributed by atoms with Crippen molar-refractivity contribution in [2.75, 3.05) is 0 Å². The number of carbonyl (C=O) groups excluding carboxylic acids is 1. The first kappa shape index (κ1) is 55.9. The number of ether oxygens (including phenoxy) is 4. The molecule has 2 saturated heterocycles. The van der Waals surface area contributed by atoms with Gasteiger partial charge < -0.3 is 80.9 Å². The van der Waals surface area contributed by atoms with E-state index in [1.807, 2.05) is 13.0 Å². The highest BCUT2D eigenvalue weighted by atomic mass is 16.7. The van der Waals surface area contributed by atoms with E-state index in [1.165, 1.54) is 13.0 Å². The van der Waals surface area contributed by atoms with Crippen LogP contribution >= 0.6 is 0 Å². The van der Waals surface area contributed by atoms with Crippen molar-refractivity contribution in [1.29, 1.82) is 0 Å². The lowest BCUT2D eigenvalue weighted by Gasteiger charge is -2.45. The number of esters is 1. The third kappa shape index (κ3) is 18.6. The zero-order valence-electron chi connectivity index (χ0n) is 37.6. The topological polar surface area (TPSA) is 320 Å². The molecule has 3 heterocycles. The number of rotatable bonds is 3. The highest BCUT2D eigenvalue weighted by Crippen LogP contribution is 2.38. The van der Waals surface area contributed by atoms with Crippen molar-refractivity contribution < 1.29 is 84.7 Å². The van der Waals surface area contributed by atoms with Gasteiger partial charge in [-0.3, -0.25) is 9.59 Å². The summed E-state index contributed by atoms with van der Waals surface area (Å²) in [6.07, 6.45) is 3.49. The SMILES string of the molecule is CC1O[C@@H](O[C@H]2/C=C/C=C/C=C/C=C/C=C/C=C/C=C/[C@H](C)[C@@H](O)[C@@H](C)[C@H](C)OC(=O)C[C@H](O)C[C@H](O)C[C@H](O)CC[C@@H](O)[C@H](O)C[C@]3(O)C[C@H](O)[C@@H](C(=O)O)[C@H](C2)O3)C(O)C(N)[C@@H]1O. The molecule has 368 valence electrons. The summed E-state index contributed by atoms with van der Waals surface area (Å²) in [5.41, 5.74) is 6.02. The molecular weight excluding hydrogens is 851 g/mol. The number of hydrogen-bond donors (Lipinski definition) is 12. The average molecular weight is 924 g/mol. The molecular formula is C47H73NO17. The van der Waals surface area contributed by atoms with Gasteiger partial charge in [-0.25, -0.2) is 0 Å². The van der Waals surface area contributed by atoms with E-state index in [2.05, 4.69) is 0 Å². The molecule has 0 aromatic carbocycles. The van der Waals surface area contributed by atoms with Crippen LogP contribution in [0.4, 0.5) is 0 Å². The minimum Gasteiger partial charge on any atom is -0.481 e. The highest BCUT2D eigenvalue weighted by molar-refractivity contribution is 5.71. The Labute approximate surface area is 381 Å². The van der Waals surface area contributed by atoms with Crippen molar-refractivity contribution in [2.45, 2.75) is 177 Å². The lowest BCUT2D eigenvalue weighted by Crippen LogP contribution is -2.61. The Morgan fingerprint density at radius 3 is 1.78 bits per heavy atom. The first-order valence-electron chi connectivity index (χ1n) is 22.3. The van der Waals surface area contributed by atoms with Gasteiger partial charge in [0.2, 0.25) is 0 Å². The lowest BCUT2D eigenvalue weighted by atomic mass is 9.82. The largest absolute Gasteiger partial charge is 0.481 e. The number of carboxylic acids is 1. The number of hydrogen-bond acceptors (Lipinski definition) is 17. The Kier molecular flexibility index (Phi) is 23.6. The molecule has 13 N–H and O–H groups in total. The van der Waals surface area contributed by atoms with Crippen LogP contribution in [-0.2, 0) is 28.5 Å². The molecule has 3 aliphatic heterocycles. The van der Waals surface area contributed by atoms with E-state index < -0.39 is 141 Å². The van der Waals surface area contributed by atoms with Gasteiger partial charge in [0.05, 0.1) is 79.6 Å². The van der Waals surface area contributed by atoms with Gasteiger partial charge in [-0.15, -0.1) is 0 Å². The molecule has 2 bridgehead atoms. The summed E-state index contributed by atoms with van der Waals surface area (Å²) in [5, 5.41) is 118. The van der Waals surface area contributed by atoms with Gasteiger partial charge in [0, 0.05) is 31.1 Å². The number of nitrogens with two attached hydrogens (primary N) is 1. The Bertz CT molecular complexity index is 1670. The molecule has 0 amide bonds. The molecule has 3 rings (SSSR count). The van der Waals surface area contributed by atoms with Gasteiger partial charge in [-0.05, 0) is 39.5 Å². The molecule has 19 atom stereocenters. The van der Waals surface area contributed by atoms with Gasteiger partial charge in [0.15, 0.2) is 12.1 Å². The number of allylic oxidation sites excluding steroid dienone is 12. The van der Waals surface area contributed by atoms with Crippen molar-refractivity contribution in [3.8, 4) is 0 Å². The van der Waals surface area contributed by atoms with E-state index in [9.17, 15) is 65.8 Å². The van der Waals surface area contributed by atoms with Gasteiger partial charge in [-0.2, -0.15) is 0 Å². The second kappa shape index (κ2) is 27.4. The zero-order chi connectivity index (χ0) is 48.4. The second-order valence-corrected chi connectivity index (χ2v) is 17.6. The number of aliphatic hydroxyl groups excluding tert-OH is 9. The molecule has 18 heteroatoms. The van der Waals surface area contributed by atoms with Crippen molar-refractivity contribution in [1.82, 2.24) is 0 Å². The maximum Gasteiger partial charge on any atom is 0.311 e. The molecule has 0 radical (unpaired) electrons. The Morgan fingerprint density at radius 1 is 0.662 bits per heavy atom. The number of aliphatic carboxylic acids is 1. The van der Waals surface area contributed by atoms with Gasteiger partial charge >= 0.3 is 11.9 Å². The highest BCUT2D eigenvalue weighted by Gasteiger charge is 2.51. The Balaban J connectivity index is 1.86. The molecule has 2 fully saturated rings. The summed E-state index contributed by atoms with van der Waals surface area (Å²) >= 11 is 0. The van der Waals surface area contributed by atoms with E-state index >= 15 is 0 Å². The quantitative estimate of drug-likeness (QED) is 0.174. The van der Waals surface area contributed by atoms with Gasteiger partial charge in [-0.1, -0.05) is 98.9 Å². The summed E-state index contributed by atoms with van der Waals surface area (Å²) in [6.45, 7) is 6.74. The standard InChI is InChI=1S/C47H73NO17/c1-27-17-15-13-11-9-7-5-6-8-10-12-14-16-18-34(64-46-44(58)41(48)43(57)30(4)63-46)24-38-40(45(59)60)37(54)26-47(61,65-38)25-36(53)35(52)20-19-31(49)21-32(50)22-33(51)23-39(55)62-29(3)28(2)42(27)56/h5-18,27-38,40-44,46,49-54,56-58,61H,19-26,48H2,1-4H3,(H,59,60)/b6-5+,9-7+,10-8+,13-11+,14-12+,17-15+,18-16+/t27-,28-,29-,30?,31+,32+,33+,34-,35+,36+,37-,38-,40+,41?,42+,43+,44?,46-,47+/m0/s1. The maximum atomic E-state index is 12.6. The van der Waals surface area contributed by atoms with E-state index in [-0.39, 0.29) is 38.0 Å². The second-order valence-electron chi connectivity index (χ2n) is 17.6. The van der Waals surface area contributed by atoms with Crippen LogP contribution in [0.15, 0.2) is 85.1 Å². The Morgan fingerprint density at radius 2 is 1.20 bits per heavy atom. The zero-order valence-corrected chi connectivity index (χ0v) is 37.6. The average Bonchev–Trinajstić information content (AvgIpc) is 3.21. The summed E-state index contributed by atoms with van der Waals surface area (Å²) in [7, 11) is 0. The number of aliphatic hydroxyl groups is 10. The minimum atomic E-state index is -2.36. The van der Waals surface area contributed by atoms with Crippen LogP contribution in [0.2, 0.25) is 0 Å². The summed E-state index contributed by atoms with van der Waals surface area (Å²) in [4.78, 5) is 25.1. The number of fused-ring (bicyclic) bond motifs is 2. The van der Waals surface area contributed by atoms with Crippen LogP contribution < -0.4 is 5.73 Å². The molecule has 0 aromatic heterocycles. The predicted octanol–water partition coefficient (Wildman–Crippen LogP) is 0.712. The van der Waals surface area contributed by atoms with Crippen LogP contribution in [0.1, 0.15) is 79.1 Å². The molecule has 0 spiro atoms. The summed E-state index contributed by atoms with van der Waals surface area (Å²) < 4.78 is 23.1. The summed E-state index contributed by atoms with van der Waals surface area (Å²) in [5.74, 6) is -6.88. The van der Waals surface area contributed by atoms with Crippen molar-refractivity contribution in [3.05, 3.63) is 85.1 Å².